The largest absolute Gasteiger partial charge is 0.497 e. The number of amides is 3. The molecule has 37 heavy (non-hydrogen) atoms. The van der Waals surface area contributed by atoms with E-state index in [9.17, 15) is 14.4 Å². The van der Waals surface area contributed by atoms with E-state index >= 15 is 0 Å². The molecule has 3 aromatic rings. The summed E-state index contributed by atoms with van der Waals surface area (Å²) in [6, 6.07) is 14.3. The highest BCUT2D eigenvalue weighted by Gasteiger charge is 2.36. The first kappa shape index (κ1) is 25.6. The Morgan fingerprint density at radius 2 is 1.73 bits per heavy atom. The molecule has 1 fully saturated rings. The van der Waals surface area contributed by atoms with Crippen LogP contribution < -0.4 is 25.0 Å². The van der Waals surface area contributed by atoms with Gasteiger partial charge in [0.15, 0.2) is 5.11 Å². The van der Waals surface area contributed by atoms with Gasteiger partial charge in [0, 0.05) is 35.8 Å². The van der Waals surface area contributed by atoms with Crippen molar-refractivity contribution < 1.29 is 23.9 Å². The van der Waals surface area contributed by atoms with E-state index in [1.165, 1.54) is 26.0 Å². The summed E-state index contributed by atoms with van der Waals surface area (Å²) in [6.45, 7) is 5.29. The summed E-state index contributed by atoms with van der Waals surface area (Å²) in [5.41, 5.74) is 4.33. The molecule has 1 saturated heterocycles. The summed E-state index contributed by atoms with van der Waals surface area (Å²) in [4.78, 5) is 38.9. The molecule has 1 aliphatic rings. The molecule has 10 heteroatoms. The lowest BCUT2D eigenvalue weighted by molar-refractivity contribution is -0.122. The van der Waals surface area contributed by atoms with Gasteiger partial charge in [0.25, 0.3) is 11.8 Å². The van der Waals surface area contributed by atoms with Gasteiger partial charge in [-0.15, -0.1) is 0 Å². The molecule has 2 N–H and O–H groups in total. The number of hydrogen-bond acceptors (Lipinski definition) is 6. The third-order valence-corrected chi connectivity index (χ3v) is 6.23. The minimum Gasteiger partial charge on any atom is -0.497 e. The molecule has 0 radical (unpaired) electrons. The van der Waals surface area contributed by atoms with Crippen LogP contribution in [0.5, 0.6) is 11.5 Å². The van der Waals surface area contributed by atoms with Gasteiger partial charge in [-0.05, 0) is 80.2 Å². The highest BCUT2D eigenvalue weighted by molar-refractivity contribution is 7.80. The van der Waals surface area contributed by atoms with E-state index in [2.05, 4.69) is 10.6 Å². The van der Waals surface area contributed by atoms with Crippen molar-refractivity contribution in [3.8, 4) is 17.2 Å². The maximum Gasteiger partial charge on any atom is 0.270 e. The van der Waals surface area contributed by atoms with Gasteiger partial charge < -0.3 is 19.4 Å². The minimum atomic E-state index is -0.580. The highest BCUT2D eigenvalue weighted by atomic mass is 32.1. The fourth-order valence-corrected chi connectivity index (χ4v) is 4.50. The van der Waals surface area contributed by atoms with Crippen LogP contribution in [-0.2, 0) is 14.4 Å². The molecule has 0 saturated carbocycles. The molecule has 0 unspecified atom stereocenters. The van der Waals surface area contributed by atoms with Crippen molar-refractivity contribution in [1.82, 2.24) is 9.88 Å². The fourth-order valence-electron chi connectivity index (χ4n) is 4.23. The smallest absolute Gasteiger partial charge is 0.270 e. The Morgan fingerprint density at radius 1 is 1.03 bits per heavy atom. The van der Waals surface area contributed by atoms with E-state index in [1.807, 2.05) is 48.7 Å². The number of nitrogens with zero attached hydrogens (tertiary/aromatic N) is 2. The molecule has 0 bridgehead atoms. The Morgan fingerprint density at radius 3 is 2.35 bits per heavy atom. The first-order chi connectivity index (χ1) is 17.6. The normalized spacial score (nSPS) is 14.6. The third-order valence-electron chi connectivity index (χ3n) is 5.95. The Hall–Kier alpha value is -4.44. The van der Waals surface area contributed by atoms with Crippen molar-refractivity contribution in [2.75, 3.05) is 24.4 Å². The number of anilines is 2. The molecule has 1 aliphatic heterocycles. The average molecular weight is 519 g/mol. The number of carbonyl (C=O) groups excluding carboxylic acids is 3. The Balaban J connectivity index is 1.72. The molecule has 1 aromatic heterocycles. The van der Waals surface area contributed by atoms with Gasteiger partial charge in [0.05, 0.1) is 19.9 Å². The molecule has 9 nitrogen and oxygen atoms in total. The number of carbonyl (C=O) groups is 3. The predicted octanol–water partition coefficient (Wildman–Crippen LogP) is 3.90. The monoisotopic (exact) mass is 518 g/mol. The van der Waals surface area contributed by atoms with Crippen LogP contribution in [0.2, 0.25) is 0 Å². The minimum absolute atomic E-state index is 0.0413. The van der Waals surface area contributed by atoms with Gasteiger partial charge in [-0.2, -0.15) is 0 Å². The zero-order chi connectivity index (χ0) is 26.9. The molecule has 2 aromatic carbocycles. The summed E-state index contributed by atoms with van der Waals surface area (Å²) in [7, 11) is 3.00. The number of aromatic nitrogens is 1. The zero-order valence-electron chi connectivity index (χ0n) is 21.0. The number of thiocarbonyl (C=S) groups is 1. The summed E-state index contributed by atoms with van der Waals surface area (Å²) in [5.74, 6) is -0.379. The number of hydrogen-bond donors (Lipinski definition) is 2. The number of benzene rings is 2. The lowest BCUT2D eigenvalue weighted by Gasteiger charge is -2.30. The van der Waals surface area contributed by atoms with Gasteiger partial charge in [0.2, 0.25) is 5.91 Å². The van der Waals surface area contributed by atoms with Crippen LogP contribution in [0.25, 0.3) is 11.8 Å². The zero-order valence-corrected chi connectivity index (χ0v) is 21.9. The number of rotatable bonds is 6. The lowest BCUT2D eigenvalue weighted by Crippen LogP contribution is -2.54. The van der Waals surface area contributed by atoms with E-state index in [4.69, 9.17) is 21.7 Å². The maximum atomic E-state index is 13.6. The molecule has 0 aliphatic carbocycles. The molecule has 2 heterocycles. The fraction of sp³-hybridized carbons (Fsp3) is 0.185. The van der Waals surface area contributed by atoms with Crippen LogP contribution in [-0.4, -0.2) is 41.6 Å². The van der Waals surface area contributed by atoms with Crippen LogP contribution in [0.15, 0.2) is 54.1 Å². The van der Waals surface area contributed by atoms with Crippen molar-refractivity contribution in [1.29, 1.82) is 0 Å². The van der Waals surface area contributed by atoms with E-state index < -0.39 is 11.8 Å². The maximum absolute atomic E-state index is 13.6. The Bertz CT molecular complexity index is 1460. The molecule has 0 atom stereocenters. The van der Waals surface area contributed by atoms with Crippen LogP contribution in [0.1, 0.15) is 23.9 Å². The van der Waals surface area contributed by atoms with Crippen molar-refractivity contribution in [2.24, 2.45) is 0 Å². The first-order valence-corrected chi connectivity index (χ1v) is 11.8. The highest BCUT2D eigenvalue weighted by Crippen LogP contribution is 2.34. The van der Waals surface area contributed by atoms with Gasteiger partial charge in [-0.3, -0.25) is 19.7 Å². The van der Waals surface area contributed by atoms with E-state index in [1.54, 1.807) is 24.3 Å². The molecular weight excluding hydrogens is 492 g/mol. The SMILES string of the molecule is COc1ccc(N2C(=O)/C(=C/c3cc(C)n(-c4ccc(NC(C)=O)cc4)c3C)C(=O)NC2=S)c(OC)c1. The summed E-state index contributed by atoms with van der Waals surface area (Å²) >= 11 is 5.33. The van der Waals surface area contributed by atoms with Crippen LogP contribution >= 0.6 is 12.2 Å². The Kier molecular flexibility index (Phi) is 7.12. The van der Waals surface area contributed by atoms with Gasteiger partial charge in [0.1, 0.15) is 17.1 Å². The second kappa shape index (κ2) is 10.3. The molecular formula is C27H26N4O5S. The molecule has 190 valence electrons. The molecule has 0 spiro atoms. The van der Waals surface area contributed by atoms with Crippen LogP contribution in [0.3, 0.4) is 0 Å². The van der Waals surface area contributed by atoms with Crippen molar-refractivity contribution in [3.05, 3.63) is 71.1 Å². The second-order valence-corrected chi connectivity index (χ2v) is 8.77. The Labute approximate surface area is 219 Å². The molecule has 3 amide bonds. The third kappa shape index (κ3) is 4.96. The predicted molar refractivity (Wildman–Crippen MR) is 145 cm³/mol. The van der Waals surface area contributed by atoms with E-state index in [0.29, 0.717) is 28.4 Å². The van der Waals surface area contributed by atoms with Crippen molar-refractivity contribution in [2.45, 2.75) is 20.8 Å². The first-order valence-electron chi connectivity index (χ1n) is 11.3. The summed E-state index contributed by atoms with van der Waals surface area (Å²) in [6.07, 6.45) is 1.56. The van der Waals surface area contributed by atoms with Gasteiger partial charge in [-0.1, -0.05) is 0 Å². The van der Waals surface area contributed by atoms with Crippen LogP contribution in [0.4, 0.5) is 11.4 Å². The van der Waals surface area contributed by atoms with Crippen LogP contribution in [0, 0.1) is 13.8 Å². The number of nitrogens with one attached hydrogen (secondary N) is 2. The second-order valence-electron chi connectivity index (χ2n) is 8.39. The topological polar surface area (TPSA) is 102 Å². The van der Waals surface area contributed by atoms with E-state index in [0.717, 1.165) is 17.1 Å². The molecule has 4 rings (SSSR count). The summed E-state index contributed by atoms with van der Waals surface area (Å²) in [5, 5.41) is 5.31. The average Bonchev–Trinajstić information content (AvgIpc) is 3.14. The number of ether oxygens (including phenoxy) is 2. The number of aryl methyl sites for hydroxylation is 1. The lowest BCUT2D eigenvalue weighted by atomic mass is 10.1. The van der Waals surface area contributed by atoms with Gasteiger partial charge in [-0.25, -0.2) is 4.90 Å². The van der Waals surface area contributed by atoms with Crippen molar-refractivity contribution in [3.63, 3.8) is 0 Å². The number of methoxy groups -OCH3 is 2. The quantitative estimate of drug-likeness (QED) is 0.292. The van der Waals surface area contributed by atoms with Crippen molar-refractivity contribution >= 4 is 52.5 Å². The van der Waals surface area contributed by atoms with Gasteiger partial charge >= 0.3 is 0 Å². The summed E-state index contributed by atoms with van der Waals surface area (Å²) < 4.78 is 12.7. The van der Waals surface area contributed by atoms with E-state index in [-0.39, 0.29) is 16.6 Å². The standard InChI is InChI=1S/C27H26N4O5S/c1-15-12-18(16(2)30(15)20-8-6-19(7-9-20)28-17(3)32)13-22-25(33)29-27(37)31(26(22)34)23-11-10-21(35-4)14-24(23)36-5/h6-14H,1-5H3,(H,28,32)(H,29,33,37)/b22-13+.